The van der Waals surface area contributed by atoms with Crippen LogP contribution in [-0.2, 0) is 22.3 Å². The van der Waals surface area contributed by atoms with E-state index in [0.717, 1.165) is 17.3 Å². The van der Waals surface area contributed by atoms with Crippen LogP contribution in [0.5, 0.6) is 0 Å². The standard InChI is InChI=1S/C9H15N3O2S/c1-7(9(13)14-3)4-15-5-8-10-6-11-12(8)2/h6-7H,4-5H2,1-3H3. The predicted octanol–water partition coefficient (Wildman–Crippen LogP) is 0.857. The van der Waals surface area contributed by atoms with E-state index in [1.807, 2.05) is 14.0 Å². The second-order valence-electron chi connectivity index (χ2n) is 3.24. The van der Waals surface area contributed by atoms with Crippen molar-refractivity contribution < 1.29 is 9.53 Å². The van der Waals surface area contributed by atoms with Crippen molar-refractivity contribution in [2.45, 2.75) is 12.7 Å². The minimum Gasteiger partial charge on any atom is -0.469 e. The maximum Gasteiger partial charge on any atom is 0.309 e. The smallest absolute Gasteiger partial charge is 0.309 e. The van der Waals surface area contributed by atoms with Crippen molar-refractivity contribution >= 4 is 17.7 Å². The minimum atomic E-state index is -0.166. The lowest BCUT2D eigenvalue weighted by atomic mass is 10.2. The first-order chi connectivity index (χ1) is 7.15. The van der Waals surface area contributed by atoms with E-state index in [2.05, 4.69) is 14.8 Å². The van der Waals surface area contributed by atoms with E-state index in [0.29, 0.717) is 0 Å². The lowest BCUT2D eigenvalue weighted by Gasteiger charge is -2.07. The number of ether oxygens (including phenoxy) is 1. The third-order valence-corrected chi connectivity index (χ3v) is 3.21. The SMILES string of the molecule is COC(=O)C(C)CSCc1ncnn1C. The number of aromatic nitrogens is 3. The summed E-state index contributed by atoms with van der Waals surface area (Å²) >= 11 is 1.65. The Morgan fingerprint density at radius 1 is 1.73 bits per heavy atom. The molecular formula is C9H15N3O2S. The molecule has 1 aromatic rings. The molecule has 0 aromatic carbocycles. The fraction of sp³-hybridized carbons (Fsp3) is 0.667. The van der Waals surface area contributed by atoms with Gasteiger partial charge in [-0.25, -0.2) is 4.98 Å². The van der Waals surface area contributed by atoms with Crippen molar-refractivity contribution in [2.75, 3.05) is 12.9 Å². The summed E-state index contributed by atoms with van der Waals surface area (Å²) in [7, 11) is 3.26. The number of hydrogen-bond acceptors (Lipinski definition) is 5. The largest absolute Gasteiger partial charge is 0.469 e. The van der Waals surface area contributed by atoms with Gasteiger partial charge >= 0.3 is 5.97 Å². The Morgan fingerprint density at radius 3 is 3.00 bits per heavy atom. The lowest BCUT2D eigenvalue weighted by Crippen LogP contribution is -2.15. The van der Waals surface area contributed by atoms with E-state index in [1.54, 1.807) is 16.4 Å². The first kappa shape index (κ1) is 12.0. The van der Waals surface area contributed by atoms with Crippen LogP contribution >= 0.6 is 11.8 Å². The van der Waals surface area contributed by atoms with Gasteiger partial charge in [0.25, 0.3) is 0 Å². The number of methoxy groups -OCH3 is 1. The van der Waals surface area contributed by atoms with Gasteiger partial charge in [0.2, 0.25) is 0 Å². The molecule has 0 aliphatic carbocycles. The molecule has 0 aliphatic heterocycles. The molecule has 1 rings (SSSR count). The summed E-state index contributed by atoms with van der Waals surface area (Å²) < 4.78 is 6.37. The highest BCUT2D eigenvalue weighted by molar-refractivity contribution is 7.98. The van der Waals surface area contributed by atoms with Gasteiger partial charge in [-0.3, -0.25) is 9.48 Å². The van der Waals surface area contributed by atoms with Gasteiger partial charge in [0, 0.05) is 12.8 Å². The van der Waals surface area contributed by atoms with Crippen LogP contribution in [0.1, 0.15) is 12.7 Å². The van der Waals surface area contributed by atoms with Crippen molar-refractivity contribution in [2.24, 2.45) is 13.0 Å². The molecular weight excluding hydrogens is 214 g/mol. The number of hydrogen-bond donors (Lipinski definition) is 0. The lowest BCUT2D eigenvalue weighted by molar-refractivity contribution is -0.143. The highest BCUT2D eigenvalue weighted by Crippen LogP contribution is 2.14. The Hall–Kier alpha value is -1.04. The van der Waals surface area contributed by atoms with Crippen molar-refractivity contribution in [3.63, 3.8) is 0 Å². The van der Waals surface area contributed by atoms with Crippen LogP contribution in [-0.4, -0.2) is 33.6 Å². The summed E-state index contributed by atoms with van der Waals surface area (Å²) in [5, 5.41) is 3.97. The molecule has 0 aliphatic rings. The molecule has 6 heteroatoms. The number of thioether (sulfide) groups is 1. The number of carbonyl (C=O) groups excluding carboxylic acids is 1. The molecule has 0 bridgehead atoms. The molecule has 0 amide bonds. The minimum absolute atomic E-state index is 0.0757. The number of rotatable bonds is 5. The molecule has 0 radical (unpaired) electrons. The summed E-state index contributed by atoms with van der Waals surface area (Å²) in [6, 6.07) is 0. The Bertz CT molecular complexity index is 327. The maximum atomic E-state index is 11.1. The van der Waals surface area contributed by atoms with E-state index < -0.39 is 0 Å². The van der Waals surface area contributed by atoms with Gasteiger partial charge in [-0.2, -0.15) is 16.9 Å². The first-order valence-corrected chi connectivity index (χ1v) is 5.79. The molecule has 84 valence electrons. The summed E-state index contributed by atoms with van der Waals surface area (Å²) in [5.74, 6) is 2.17. The molecule has 0 fully saturated rings. The van der Waals surface area contributed by atoms with Crippen molar-refractivity contribution in [3.05, 3.63) is 12.2 Å². The topological polar surface area (TPSA) is 57.0 Å². The van der Waals surface area contributed by atoms with Crippen LogP contribution < -0.4 is 0 Å². The van der Waals surface area contributed by atoms with E-state index in [4.69, 9.17) is 0 Å². The molecule has 1 atom stereocenters. The van der Waals surface area contributed by atoms with Gasteiger partial charge in [-0.1, -0.05) is 6.92 Å². The zero-order chi connectivity index (χ0) is 11.3. The molecule has 0 N–H and O–H groups in total. The molecule has 0 saturated heterocycles. The number of aryl methyl sites for hydroxylation is 1. The molecule has 0 spiro atoms. The second-order valence-corrected chi connectivity index (χ2v) is 4.27. The highest BCUT2D eigenvalue weighted by atomic mass is 32.2. The van der Waals surface area contributed by atoms with Crippen molar-refractivity contribution in [3.8, 4) is 0 Å². The highest BCUT2D eigenvalue weighted by Gasteiger charge is 2.13. The predicted molar refractivity (Wildman–Crippen MR) is 58.3 cm³/mol. The quantitative estimate of drug-likeness (QED) is 0.701. The zero-order valence-corrected chi connectivity index (χ0v) is 9.95. The van der Waals surface area contributed by atoms with Crippen LogP contribution in [0.4, 0.5) is 0 Å². The first-order valence-electron chi connectivity index (χ1n) is 4.63. The Labute approximate surface area is 93.2 Å². The fourth-order valence-corrected chi connectivity index (χ4v) is 2.10. The number of carbonyl (C=O) groups is 1. The molecule has 1 aromatic heterocycles. The average Bonchev–Trinajstić information content (AvgIpc) is 2.63. The van der Waals surface area contributed by atoms with E-state index in [9.17, 15) is 4.79 Å². The van der Waals surface area contributed by atoms with Gasteiger partial charge in [0.1, 0.15) is 12.2 Å². The maximum absolute atomic E-state index is 11.1. The molecule has 5 nitrogen and oxygen atoms in total. The molecule has 15 heavy (non-hydrogen) atoms. The van der Waals surface area contributed by atoms with Crippen LogP contribution in [0.2, 0.25) is 0 Å². The van der Waals surface area contributed by atoms with Crippen LogP contribution in [0, 0.1) is 5.92 Å². The van der Waals surface area contributed by atoms with Gasteiger partial charge < -0.3 is 4.74 Å². The van der Waals surface area contributed by atoms with E-state index in [-0.39, 0.29) is 11.9 Å². The fourth-order valence-electron chi connectivity index (χ4n) is 1.05. The number of esters is 1. The number of nitrogens with zero attached hydrogens (tertiary/aromatic N) is 3. The van der Waals surface area contributed by atoms with Crippen LogP contribution in [0.15, 0.2) is 6.33 Å². The summed E-state index contributed by atoms with van der Waals surface area (Å²) in [6.45, 7) is 1.86. The molecule has 1 heterocycles. The third-order valence-electron chi connectivity index (χ3n) is 2.01. The third kappa shape index (κ3) is 3.54. The average molecular weight is 229 g/mol. The van der Waals surface area contributed by atoms with Gasteiger partial charge in [-0.15, -0.1) is 0 Å². The van der Waals surface area contributed by atoms with Crippen LogP contribution in [0.25, 0.3) is 0 Å². The summed E-state index contributed by atoms with van der Waals surface area (Å²) in [5.41, 5.74) is 0. The van der Waals surface area contributed by atoms with E-state index in [1.165, 1.54) is 13.4 Å². The van der Waals surface area contributed by atoms with Gasteiger partial charge in [0.05, 0.1) is 18.8 Å². The molecule has 1 unspecified atom stereocenters. The Kier molecular flexibility index (Phi) is 4.61. The Morgan fingerprint density at radius 2 is 2.47 bits per heavy atom. The van der Waals surface area contributed by atoms with Gasteiger partial charge in [-0.05, 0) is 0 Å². The molecule has 0 saturated carbocycles. The zero-order valence-electron chi connectivity index (χ0n) is 9.14. The second kappa shape index (κ2) is 5.75. The summed E-state index contributed by atoms with van der Waals surface area (Å²) in [4.78, 5) is 15.2. The van der Waals surface area contributed by atoms with Crippen molar-refractivity contribution in [1.82, 2.24) is 14.8 Å². The van der Waals surface area contributed by atoms with E-state index >= 15 is 0 Å². The van der Waals surface area contributed by atoms with Crippen molar-refractivity contribution in [1.29, 1.82) is 0 Å². The van der Waals surface area contributed by atoms with Crippen LogP contribution in [0.3, 0.4) is 0 Å². The normalized spacial score (nSPS) is 12.5. The summed E-state index contributed by atoms with van der Waals surface area (Å²) in [6.07, 6.45) is 1.53. The monoisotopic (exact) mass is 229 g/mol. The Balaban J connectivity index is 2.28. The van der Waals surface area contributed by atoms with Gasteiger partial charge in [0.15, 0.2) is 0 Å².